The molecule has 0 bridgehead atoms. The largest absolute Gasteiger partial charge is 0.323 e. The van der Waals surface area contributed by atoms with Gasteiger partial charge in [0.2, 0.25) is 5.91 Å². The van der Waals surface area contributed by atoms with Crippen molar-refractivity contribution in [2.24, 2.45) is 11.8 Å². The van der Waals surface area contributed by atoms with Crippen molar-refractivity contribution in [2.75, 3.05) is 0 Å². The van der Waals surface area contributed by atoms with Crippen LogP contribution in [0, 0.1) is 11.8 Å². The third-order valence-corrected chi connectivity index (χ3v) is 4.09. The Bertz CT molecular complexity index is 410. The third-order valence-electron chi connectivity index (χ3n) is 4.09. The Kier molecular flexibility index (Phi) is 7.47. The minimum absolute atomic E-state index is 0.0282. The Labute approximate surface area is 127 Å². The summed E-state index contributed by atoms with van der Waals surface area (Å²) in [6.07, 6.45) is 0.417. The van der Waals surface area contributed by atoms with Crippen LogP contribution in [0.15, 0.2) is 0 Å². The van der Waals surface area contributed by atoms with Gasteiger partial charge in [-0.3, -0.25) is 19.2 Å². The zero-order valence-corrected chi connectivity index (χ0v) is 14.1. The molecule has 0 aromatic heterocycles. The number of nitrogens with zero attached hydrogens (tertiary/aromatic N) is 1. The van der Waals surface area contributed by atoms with Crippen molar-refractivity contribution in [2.45, 2.75) is 67.0 Å². The fourth-order valence-corrected chi connectivity index (χ4v) is 2.16. The maximum absolute atomic E-state index is 12.6. The summed E-state index contributed by atoms with van der Waals surface area (Å²) in [4.78, 5) is 48.5. The molecule has 0 saturated heterocycles. The summed E-state index contributed by atoms with van der Waals surface area (Å²) in [5, 5.41) is 0. The van der Waals surface area contributed by atoms with Crippen LogP contribution in [-0.4, -0.2) is 40.2 Å². The second-order valence-corrected chi connectivity index (χ2v) is 5.97. The van der Waals surface area contributed by atoms with Gasteiger partial charge in [0.1, 0.15) is 5.78 Å². The lowest BCUT2D eigenvalue weighted by molar-refractivity contribution is -0.147. The number of hydrogen-bond acceptors (Lipinski definition) is 4. The van der Waals surface area contributed by atoms with E-state index in [1.807, 2.05) is 0 Å². The van der Waals surface area contributed by atoms with Crippen molar-refractivity contribution >= 4 is 23.3 Å². The topological polar surface area (TPSA) is 71.5 Å². The zero-order chi connectivity index (χ0) is 16.9. The van der Waals surface area contributed by atoms with E-state index in [9.17, 15) is 19.2 Å². The van der Waals surface area contributed by atoms with Gasteiger partial charge < -0.3 is 4.90 Å². The maximum atomic E-state index is 12.6. The van der Waals surface area contributed by atoms with E-state index < -0.39 is 18.0 Å². The Balaban J connectivity index is 5.24. The van der Waals surface area contributed by atoms with Crippen LogP contribution in [0.25, 0.3) is 0 Å². The predicted molar refractivity (Wildman–Crippen MR) is 80.8 cm³/mol. The smallest absolute Gasteiger partial charge is 0.226 e. The molecule has 0 heterocycles. The van der Waals surface area contributed by atoms with Crippen molar-refractivity contribution in [3.63, 3.8) is 0 Å². The van der Waals surface area contributed by atoms with Gasteiger partial charge in [0, 0.05) is 11.8 Å². The van der Waals surface area contributed by atoms with E-state index in [-0.39, 0.29) is 29.2 Å². The van der Waals surface area contributed by atoms with Crippen LogP contribution in [-0.2, 0) is 19.2 Å². The molecule has 0 radical (unpaired) electrons. The fourth-order valence-electron chi connectivity index (χ4n) is 2.16. The van der Waals surface area contributed by atoms with Gasteiger partial charge >= 0.3 is 0 Å². The molecule has 120 valence electrons. The molecule has 21 heavy (non-hydrogen) atoms. The van der Waals surface area contributed by atoms with E-state index in [0.717, 1.165) is 0 Å². The highest BCUT2D eigenvalue weighted by molar-refractivity contribution is 5.93. The van der Waals surface area contributed by atoms with Crippen molar-refractivity contribution in [3.05, 3.63) is 0 Å². The molecule has 0 aliphatic heterocycles. The summed E-state index contributed by atoms with van der Waals surface area (Å²) in [7, 11) is 0. The van der Waals surface area contributed by atoms with Gasteiger partial charge in [-0.1, -0.05) is 13.8 Å². The van der Waals surface area contributed by atoms with Gasteiger partial charge in [0.15, 0.2) is 11.6 Å². The summed E-state index contributed by atoms with van der Waals surface area (Å²) < 4.78 is 0. The van der Waals surface area contributed by atoms with E-state index in [2.05, 4.69) is 0 Å². The molecule has 0 aliphatic carbocycles. The van der Waals surface area contributed by atoms with Crippen LogP contribution in [0.2, 0.25) is 0 Å². The van der Waals surface area contributed by atoms with Crippen molar-refractivity contribution in [1.82, 2.24) is 4.90 Å². The first kappa shape index (κ1) is 19.5. The molecule has 5 heteroatoms. The van der Waals surface area contributed by atoms with Crippen LogP contribution in [0.5, 0.6) is 0 Å². The summed E-state index contributed by atoms with van der Waals surface area (Å²) in [6.45, 7) is 11.1. The second kappa shape index (κ2) is 8.05. The van der Waals surface area contributed by atoms with Gasteiger partial charge in [-0.25, -0.2) is 0 Å². The number of ketones is 3. The van der Waals surface area contributed by atoms with Crippen molar-refractivity contribution in [1.29, 1.82) is 0 Å². The number of hydrogen-bond donors (Lipinski definition) is 0. The van der Waals surface area contributed by atoms with Crippen LogP contribution < -0.4 is 0 Å². The van der Waals surface area contributed by atoms with Gasteiger partial charge in [0.05, 0.1) is 12.1 Å². The SMILES string of the molecule is CC(=O)C(C)CC(C)C(=O)N(C(C)C(C)=O)C(C)C(C)=O. The molecule has 0 aromatic carbocycles. The molecule has 0 N–H and O–H groups in total. The maximum Gasteiger partial charge on any atom is 0.226 e. The van der Waals surface area contributed by atoms with E-state index in [1.54, 1.807) is 27.7 Å². The Morgan fingerprint density at radius 2 is 1.10 bits per heavy atom. The van der Waals surface area contributed by atoms with Gasteiger partial charge in [-0.05, 0) is 41.0 Å². The zero-order valence-electron chi connectivity index (χ0n) is 14.1. The quantitative estimate of drug-likeness (QED) is 0.687. The molecule has 0 fully saturated rings. The summed E-state index contributed by atoms with van der Waals surface area (Å²) in [5.74, 6) is -1.18. The molecular weight excluding hydrogens is 270 g/mol. The summed E-state index contributed by atoms with van der Waals surface area (Å²) in [5.41, 5.74) is 0. The van der Waals surface area contributed by atoms with E-state index in [4.69, 9.17) is 0 Å². The highest BCUT2D eigenvalue weighted by atomic mass is 16.2. The van der Waals surface area contributed by atoms with E-state index in [1.165, 1.54) is 25.7 Å². The normalized spacial score (nSPS) is 16.5. The molecule has 4 atom stereocenters. The fraction of sp³-hybridized carbons (Fsp3) is 0.750. The average molecular weight is 297 g/mol. The molecule has 0 saturated carbocycles. The van der Waals surface area contributed by atoms with Crippen LogP contribution >= 0.6 is 0 Å². The van der Waals surface area contributed by atoms with Gasteiger partial charge in [-0.2, -0.15) is 0 Å². The lowest BCUT2D eigenvalue weighted by Gasteiger charge is -2.34. The first-order valence-electron chi connectivity index (χ1n) is 7.34. The number of carbonyl (C=O) groups is 4. The minimum Gasteiger partial charge on any atom is -0.323 e. The van der Waals surface area contributed by atoms with Crippen LogP contribution in [0.3, 0.4) is 0 Å². The average Bonchev–Trinajstić information content (AvgIpc) is 2.37. The first-order valence-corrected chi connectivity index (χ1v) is 7.34. The first-order chi connectivity index (χ1) is 9.50. The molecule has 0 spiro atoms. The predicted octanol–water partition coefficient (Wildman–Crippen LogP) is 2.02. The van der Waals surface area contributed by atoms with E-state index in [0.29, 0.717) is 6.42 Å². The molecule has 4 unspecified atom stereocenters. The Hall–Kier alpha value is -1.52. The summed E-state index contributed by atoms with van der Waals surface area (Å²) >= 11 is 0. The van der Waals surface area contributed by atoms with Crippen molar-refractivity contribution < 1.29 is 19.2 Å². The number of Topliss-reactive ketones (excluding diaryl/α,β-unsaturated/α-hetero) is 3. The lowest BCUT2D eigenvalue weighted by Crippen LogP contribution is -2.52. The van der Waals surface area contributed by atoms with Crippen LogP contribution in [0.4, 0.5) is 0 Å². The van der Waals surface area contributed by atoms with Gasteiger partial charge in [0.25, 0.3) is 0 Å². The van der Waals surface area contributed by atoms with Gasteiger partial charge in [-0.15, -0.1) is 0 Å². The highest BCUT2D eigenvalue weighted by Gasteiger charge is 2.33. The van der Waals surface area contributed by atoms with Crippen LogP contribution in [0.1, 0.15) is 54.9 Å². The number of amides is 1. The molecule has 0 rings (SSSR count). The van der Waals surface area contributed by atoms with E-state index >= 15 is 0 Å². The molecule has 0 aliphatic rings. The molecule has 0 aromatic rings. The standard InChI is InChI=1S/C16H27NO4/c1-9(13(5)18)8-10(2)16(21)17(11(3)14(6)19)12(4)15(7)20/h9-12H,8H2,1-7H3. The molecule has 5 nitrogen and oxygen atoms in total. The highest BCUT2D eigenvalue weighted by Crippen LogP contribution is 2.19. The number of rotatable bonds is 8. The molecular formula is C16H27NO4. The number of carbonyl (C=O) groups excluding carboxylic acids is 4. The second-order valence-electron chi connectivity index (χ2n) is 5.97. The summed E-state index contributed by atoms with van der Waals surface area (Å²) in [6, 6.07) is -1.29. The minimum atomic E-state index is -0.647. The monoisotopic (exact) mass is 297 g/mol. The lowest BCUT2D eigenvalue weighted by atomic mass is 9.92. The Morgan fingerprint density at radius 3 is 1.38 bits per heavy atom. The third kappa shape index (κ3) is 5.40. The molecule has 1 amide bonds. The Morgan fingerprint density at radius 1 is 0.714 bits per heavy atom. The van der Waals surface area contributed by atoms with Crippen molar-refractivity contribution in [3.8, 4) is 0 Å².